The number of hydrogen-bond acceptors (Lipinski definition) is 3. The number of halogens is 2. The van der Waals surface area contributed by atoms with E-state index in [1.807, 2.05) is 12.1 Å². The minimum atomic E-state index is -0.246. The summed E-state index contributed by atoms with van der Waals surface area (Å²) in [6.45, 7) is 0. The molecule has 1 aromatic heterocycles. The normalized spacial score (nSPS) is 10.1. The van der Waals surface area contributed by atoms with E-state index in [-0.39, 0.29) is 5.56 Å². The van der Waals surface area contributed by atoms with Gasteiger partial charge in [0.05, 0.1) is 17.0 Å². The number of aromatic amines is 1. The third-order valence-electron chi connectivity index (χ3n) is 1.92. The van der Waals surface area contributed by atoms with E-state index in [0.29, 0.717) is 21.0 Å². The van der Waals surface area contributed by atoms with Gasteiger partial charge in [-0.1, -0.05) is 23.7 Å². The maximum Gasteiger partial charge on any atom is 0.267 e. The molecule has 6 heteroatoms. The number of nitrogens with zero attached hydrogens (tertiary/aromatic N) is 1. The van der Waals surface area contributed by atoms with E-state index >= 15 is 0 Å². The maximum atomic E-state index is 11.3. The van der Waals surface area contributed by atoms with Gasteiger partial charge in [-0.3, -0.25) is 4.79 Å². The summed E-state index contributed by atoms with van der Waals surface area (Å²) in [5, 5.41) is 3.54. The monoisotopic (exact) mass is 299 g/mol. The molecule has 82 valence electrons. The van der Waals surface area contributed by atoms with Crippen LogP contribution in [0.4, 0.5) is 11.5 Å². The molecule has 1 heterocycles. The van der Waals surface area contributed by atoms with Crippen molar-refractivity contribution in [2.75, 3.05) is 5.32 Å². The third-order valence-corrected chi connectivity index (χ3v) is 2.99. The Balaban J connectivity index is 2.38. The summed E-state index contributed by atoms with van der Waals surface area (Å²) in [6.07, 6.45) is 1.33. The van der Waals surface area contributed by atoms with Crippen LogP contribution in [0, 0.1) is 0 Å². The summed E-state index contributed by atoms with van der Waals surface area (Å²) in [4.78, 5) is 17.8. The molecule has 2 N–H and O–H groups in total. The lowest BCUT2D eigenvalue weighted by Crippen LogP contribution is -2.10. The van der Waals surface area contributed by atoms with Crippen molar-refractivity contribution in [2.24, 2.45) is 0 Å². The summed E-state index contributed by atoms with van der Waals surface area (Å²) in [7, 11) is 0. The molecule has 0 saturated carbocycles. The Kier molecular flexibility index (Phi) is 3.26. The van der Waals surface area contributed by atoms with Crippen LogP contribution in [0.2, 0.25) is 5.02 Å². The second-order valence-corrected chi connectivity index (χ2v) is 4.20. The predicted octanol–water partition coefficient (Wildman–Crippen LogP) is 2.93. The number of benzene rings is 1. The summed E-state index contributed by atoms with van der Waals surface area (Å²) < 4.78 is 0.343. The first-order chi connectivity index (χ1) is 7.68. The second-order valence-electron chi connectivity index (χ2n) is 3.00. The van der Waals surface area contributed by atoms with Crippen LogP contribution in [-0.2, 0) is 0 Å². The maximum absolute atomic E-state index is 11.3. The minimum Gasteiger partial charge on any atom is -0.338 e. The van der Waals surface area contributed by atoms with Crippen LogP contribution in [0.25, 0.3) is 0 Å². The van der Waals surface area contributed by atoms with Crippen LogP contribution in [0.5, 0.6) is 0 Å². The quantitative estimate of drug-likeness (QED) is 0.896. The number of nitrogens with one attached hydrogen (secondary N) is 2. The molecule has 4 nitrogen and oxygen atoms in total. The SMILES string of the molecule is O=c1[nH]cnc(Nc2ccccc2Cl)c1Br. The molecule has 1 aromatic carbocycles. The highest BCUT2D eigenvalue weighted by Gasteiger charge is 2.06. The Morgan fingerprint density at radius 2 is 2.12 bits per heavy atom. The van der Waals surface area contributed by atoms with E-state index in [1.165, 1.54) is 6.33 Å². The Morgan fingerprint density at radius 1 is 1.38 bits per heavy atom. The standard InChI is InChI=1S/C10H7BrClN3O/c11-8-9(13-5-14-10(8)16)15-7-4-2-1-3-6(7)12/h1-5H,(H2,13,14,15,16). The second kappa shape index (κ2) is 4.67. The van der Waals surface area contributed by atoms with Crippen LogP contribution in [-0.4, -0.2) is 9.97 Å². The highest BCUT2D eigenvalue weighted by molar-refractivity contribution is 9.10. The summed E-state index contributed by atoms with van der Waals surface area (Å²) in [5.74, 6) is 0.428. The average Bonchev–Trinajstić information content (AvgIpc) is 2.28. The smallest absolute Gasteiger partial charge is 0.267 e. The summed E-state index contributed by atoms with van der Waals surface area (Å²) in [5.41, 5.74) is 0.451. The Morgan fingerprint density at radius 3 is 2.88 bits per heavy atom. The molecule has 0 bridgehead atoms. The molecular formula is C10H7BrClN3O. The fourth-order valence-electron chi connectivity index (χ4n) is 1.16. The lowest BCUT2D eigenvalue weighted by Gasteiger charge is -2.07. The molecule has 0 aliphatic rings. The van der Waals surface area contributed by atoms with Gasteiger partial charge in [-0.15, -0.1) is 0 Å². The fraction of sp³-hybridized carbons (Fsp3) is 0. The van der Waals surface area contributed by atoms with Gasteiger partial charge in [0.25, 0.3) is 5.56 Å². The van der Waals surface area contributed by atoms with Crippen molar-refractivity contribution in [3.8, 4) is 0 Å². The highest BCUT2D eigenvalue weighted by atomic mass is 79.9. The van der Waals surface area contributed by atoms with Crippen LogP contribution in [0.15, 0.2) is 39.9 Å². The van der Waals surface area contributed by atoms with Gasteiger partial charge in [0.2, 0.25) is 0 Å². The average molecular weight is 301 g/mol. The zero-order valence-corrected chi connectivity index (χ0v) is 10.3. The molecule has 2 rings (SSSR count). The van der Waals surface area contributed by atoms with Crippen molar-refractivity contribution < 1.29 is 0 Å². The van der Waals surface area contributed by atoms with Gasteiger partial charge in [-0.2, -0.15) is 0 Å². The van der Waals surface area contributed by atoms with Gasteiger partial charge < -0.3 is 10.3 Å². The third kappa shape index (κ3) is 2.25. The highest BCUT2D eigenvalue weighted by Crippen LogP contribution is 2.25. The fourth-order valence-corrected chi connectivity index (χ4v) is 1.66. The predicted molar refractivity (Wildman–Crippen MR) is 67.3 cm³/mol. The van der Waals surface area contributed by atoms with E-state index in [9.17, 15) is 4.79 Å². The zero-order chi connectivity index (χ0) is 11.5. The van der Waals surface area contributed by atoms with Crippen LogP contribution >= 0.6 is 27.5 Å². The molecule has 0 aliphatic carbocycles. The molecule has 0 saturated heterocycles. The lowest BCUT2D eigenvalue weighted by molar-refractivity contribution is 1.10. The molecule has 0 amide bonds. The molecule has 0 aliphatic heterocycles. The Labute approximate surface area is 105 Å². The van der Waals surface area contributed by atoms with E-state index in [4.69, 9.17) is 11.6 Å². The number of para-hydroxylation sites is 1. The molecule has 0 fully saturated rings. The molecule has 0 unspecified atom stereocenters. The van der Waals surface area contributed by atoms with E-state index in [0.717, 1.165) is 0 Å². The van der Waals surface area contributed by atoms with Gasteiger partial charge in [-0.25, -0.2) is 4.98 Å². The molecule has 0 radical (unpaired) electrons. The Bertz CT molecular complexity index is 570. The summed E-state index contributed by atoms with van der Waals surface area (Å²) in [6, 6.07) is 7.23. The van der Waals surface area contributed by atoms with Crippen molar-refractivity contribution in [3.63, 3.8) is 0 Å². The van der Waals surface area contributed by atoms with E-state index in [1.54, 1.807) is 12.1 Å². The number of aromatic nitrogens is 2. The molecule has 0 spiro atoms. The Hall–Kier alpha value is -1.33. The first-order valence-corrected chi connectivity index (χ1v) is 5.60. The zero-order valence-electron chi connectivity index (χ0n) is 8.00. The largest absolute Gasteiger partial charge is 0.338 e. The van der Waals surface area contributed by atoms with Gasteiger partial charge in [0, 0.05) is 0 Å². The molecule has 2 aromatic rings. The molecule has 16 heavy (non-hydrogen) atoms. The van der Waals surface area contributed by atoms with Crippen molar-refractivity contribution in [1.82, 2.24) is 9.97 Å². The van der Waals surface area contributed by atoms with Gasteiger partial charge in [0.15, 0.2) is 5.82 Å². The first-order valence-electron chi connectivity index (χ1n) is 4.43. The summed E-state index contributed by atoms with van der Waals surface area (Å²) >= 11 is 9.13. The van der Waals surface area contributed by atoms with Gasteiger partial charge >= 0.3 is 0 Å². The van der Waals surface area contributed by atoms with E-state index < -0.39 is 0 Å². The van der Waals surface area contributed by atoms with Gasteiger partial charge in [0.1, 0.15) is 4.47 Å². The lowest BCUT2D eigenvalue weighted by atomic mass is 10.3. The van der Waals surface area contributed by atoms with Crippen LogP contribution in [0.1, 0.15) is 0 Å². The van der Waals surface area contributed by atoms with Crippen molar-refractivity contribution in [2.45, 2.75) is 0 Å². The first kappa shape index (κ1) is 11.2. The van der Waals surface area contributed by atoms with Crippen LogP contribution < -0.4 is 10.9 Å². The number of hydrogen-bond donors (Lipinski definition) is 2. The number of H-pyrrole nitrogens is 1. The molecular weight excluding hydrogens is 293 g/mol. The van der Waals surface area contributed by atoms with Crippen molar-refractivity contribution in [3.05, 3.63) is 50.4 Å². The van der Waals surface area contributed by atoms with Gasteiger partial charge in [-0.05, 0) is 28.1 Å². The van der Waals surface area contributed by atoms with Crippen molar-refractivity contribution in [1.29, 1.82) is 0 Å². The van der Waals surface area contributed by atoms with Crippen molar-refractivity contribution >= 4 is 39.0 Å². The minimum absolute atomic E-state index is 0.246. The van der Waals surface area contributed by atoms with Crippen LogP contribution in [0.3, 0.4) is 0 Å². The van der Waals surface area contributed by atoms with E-state index in [2.05, 4.69) is 31.2 Å². The number of rotatable bonds is 2. The topological polar surface area (TPSA) is 57.8 Å². The molecule has 0 atom stereocenters. The number of anilines is 2.